The molecular formula is C21H30FN3O3. The molecule has 2 aliphatic rings. The van der Waals surface area contributed by atoms with Crippen LogP contribution in [0.4, 0.5) is 4.39 Å². The minimum Gasteiger partial charge on any atom is -0.484 e. The van der Waals surface area contributed by atoms with Crippen molar-refractivity contribution in [3.8, 4) is 5.75 Å². The summed E-state index contributed by atoms with van der Waals surface area (Å²) in [5.41, 5.74) is 0. The second kappa shape index (κ2) is 9.87. The van der Waals surface area contributed by atoms with Gasteiger partial charge in [-0.1, -0.05) is 19.3 Å². The Morgan fingerprint density at radius 1 is 1.11 bits per heavy atom. The Balaban J connectivity index is 1.39. The minimum atomic E-state index is -0.337. The summed E-state index contributed by atoms with van der Waals surface area (Å²) in [4.78, 5) is 28.8. The molecule has 0 aromatic heterocycles. The van der Waals surface area contributed by atoms with Crippen LogP contribution in [-0.2, 0) is 9.59 Å². The average Bonchev–Trinajstić information content (AvgIpc) is 2.73. The van der Waals surface area contributed by atoms with Gasteiger partial charge in [-0.25, -0.2) is 4.39 Å². The van der Waals surface area contributed by atoms with E-state index in [1.165, 1.54) is 43.5 Å². The second-order valence-corrected chi connectivity index (χ2v) is 7.68. The van der Waals surface area contributed by atoms with E-state index < -0.39 is 0 Å². The number of piperazine rings is 1. The molecule has 1 N–H and O–H groups in total. The molecular weight excluding hydrogens is 361 g/mol. The van der Waals surface area contributed by atoms with Crippen LogP contribution in [0.25, 0.3) is 0 Å². The smallest absolute Gasteiger partial charge is 0.260 e. The third-order valence-corrected chi connectivity index (χ3v) is 5.72. The number of benzene rings is 1. The van der Waals surface area contributed by atoms with E-state index in [0.717, 1.165) is 12.8 Å². The monoisotopic (exact) mass is 391 g/mol. The Kier molecular flexibility index (Phi) is 7.25. The topological polar surface area (TPSA) is 61.9 Å². The first-order valence-corrected chi connectivity index (χ1v) is 10.2. The van der Waals surface area contributed by atoms with Crippen molar-refractivity contribution in [2.24, 2.45) is 0 Å². The quantitative estimate of drug-likeness (QED) is 0.808. The highest BCUT2D eigenvalue weighted by Gasteiger charge is 2.28. The lowest BCUT2D eigenvalue weighted by molar-refractivity contribution is -0.136. The van der Waals surface area contributed by atoms with Crippen molar-refractivity contribution in [3.63, 3.8) is 0 Å². The highest BCUT2D eigenvalue weighted by atomic mass is 19.1. The number of carbonyl (C=O) groups is 2. The van der Waals surface area contributed by atoms with Gasteiger partial charge in [-0.15, -0.1) is 0 Å². The Labute approximate surface area is 166 Å². The number of ether oxygens (including phenoxy) is 1. The average molecular weight is 391 g/mol. The van der Waals surface area contributed by atoms with Gasteiger partial charge in [-0.2, -0.15) is 0 Å². The van der Waals surface area contributed by atoms with E-state index in [0.29, 0.717) is 38.0 Å². The molecule has 2 amide bonds. The first-order chi connectivity index (χ1) is 13.5. The van der Waals surface area contributed by atoms with Crippen molar-refractivity contribution >= 4 is 11.8 Å². The molecule has 1 heterocycles. The Bertz CT molecular complexity index is 653. The molecule has 1 atom stereocenters. The lowest BCUT2D eigenvalue weighted by Crippen LogP contribution is -2.56. The van der Waals surface area contributed by atoms with Crippen LogP contribution in [-0.4, -0.2) is 66.5 Å². The third-order valence-electron chi connectivity index (χ3n) is 5.72. The molecule has 1 saturated carbocycles. The van der Waals surface area contributed by atoms with Crippen molar-refractivity contribution in [3.05, 3.63) is 30.1 Å². The van der Waals surface area contributed by atoms with Crippen LogP contribution in [0.5, 0.6) is 5.75 Å². The Hall–Kier alpha value is -2.15. The van der Waals surface area contributed by atoms with Crippen LogP contribution < -0.4 is 10.1 Å². The first kappa shape index (κ1) is 20.6. The van der Waals surface area contributed by atoms with Crippen molar-refractivity contribution in [1.29, 1.82) is 0 Å². The molecule has 3 rings (SSSR count). The lowest BCUT2D eigenvalue weighted by atomic mass is 9.95. The molecule has 1 aliphatic heterocycles. The lowest BCUT2D eigenvalue weighted by Gasteiger charge is -2.38. The van der Waals surface area contributed by atoms with Gasteiger partial charge in [0.15, 0.2) is 6.61 Å². The summed E-state index contributed by atoms with van der Waals surface area (Å²) >= 11 is 0. The Morgan fingerprint density at radius 2 is 1.75 bits per heavy atom. The van der Waals surface area contributed by atoms with E-state index in [9.17, 15) is 14.0 Å². The highest BCUT2D eigenvalue weighted by Crippen LogP contribution is 2.18. The second-order valence-electron chi connectivity index (χ2n) is 7.68. The van der Waals surface area contributed by atoms with Crippen molar-refractivity contribution in [1.82, 2.24) is 15.1 Å². The predicted molar refractivity (Wildman–Crippen MR) is 105 cm³/mol. The maximum Gasteiger partial charge on any atom is 0.260 e. The van der Waals surface area contributed by atoms with Crippen LogP contribution in [0, 0.1) is 5.82 Å². The van der Waals surface area contributed by atoms with Crippen LogP contribution in [0.3, 0.4) is 0 Å². The molecule has 6 nitrogen and oxygen atoms in total. The van der Waals surface area contributed by atoms with Gasteiger partial charge in [0.25, 0.3) is 5.91 Å². The zero-order valence-corrected chi connectivity index (χ0v) is 16.5. The molecule has 0 spiro atoms. The number of carbonyl (C=O) groups excluding carboxylic acids is 2. The molecule has 1 aromatic rings. The van der Waals surface area contributed by atoms with Gasteiger partial charge in [0, 0.05) is 32.2 Å². The maximum atomic E-state index is 12.9. The standard InChI is InChI=1S/C21H30FN3O3/c1-16(21(27)23-18-5-3-2-4-6-18)24-11-13-25(14-12-24)20(26)15-28-19-9-7-17(22)8-10-19/h7-10,16,18H,2-6,11-15H2,1H3,(H,23,27). The molecule has 2 fully saturated rings. The summed E-state index contributed by atoms with van der Waals surface area (Å²) in [6, 6.07) is 5.75. The van der Waals surface area contributed by atoms with Crippen LogP contribution in [0.2, 0.25) is 0 Å². The number of rotatable bonds is 6. The predicted octanol–water partition coefficient (Wildman–Crippen LogP) is 2.19. The summed E-state index contributed by atoms with van der Waals surface area (Å²) in [6.07, 6.45) is 5.81. The van der Waals surface area contributed by atoms with Crippen LogP contribution >= 0.6 is 0 Å². The van der Waals surface area contributed by atoms with E-state index in [-0.39, 0.29) is 30.3 Å². The zero-order chi connectivity index (χ0) is 19.9. The van der Waals surface area contributed by atoms with Crippen molar-refractivity contribution in [2.75, 3.05) is 32.8 Å². The fraction of sp³-hybridized carbons (Fsp3) is 0.619. The van der Waals surface area contributed by atoms with E-state index in [4.69, 9.17) is 4.74 Å². The highest BCUT2D eigenvalue weighted by molar-refractivity contribution is 5.81. The summed E-state index contributed by atoms with van der Waals surface area (Å²) < 4.78 is 18.3. The van der Waals surface area contributed by atoms with E-state index in [1.54, 1.807) is 4.90 Å². The molecule has 1 aliphatic carbocycles. The number of nitrogens with one attached hydrogen (secondary N) is 1. The number of nitrogens with zero attached hydrogens (tertiary/aromatic N) is 2. The molecule has 1 saturated heterocycles. The summed E-state index contributed by atoms with van der Waals surface area (Å²) in [5, 5.41) is 3.18. The Morgan fingerprint density at radius 3 is 2.39 bits per heavy atom. The molecule has 0 bridgehead atoms. The van der Waals surface area contributed by atoms with E-state index in [2.05, 4.69) is 10.2 Å². The fourth-order valence-electron chi connectivity index (χ4n) is 3.86. The summed E-state index contributed by atoms with van der Waals surface area (Å²) in [7, 11) is 0. The van der Waals surface area contributed by atoms with Gasteiger partial charge < -0.3 is 15.0 Å². The minimum absolute atomic E-state index is 0.0661. The van der Waals surface area contributed by atoms with Crippen LogP contribution in [0.1, 0.15) is 39.0 Å². The molecule has 154 valence electrons. The molecule has 1 aromatic carbocycles. The van der Waals surface area contributed by atoms with Crippen LogP contribution in [0.15, 0.2) is 24.3 Å². The number of hydrogen-bond donors (Lipinski definition) is 1. The van der Waals surface area contributed by atoms with Crippen molar-refractivity contribution in [2.45, 2.75) is 51.1 Å². The fourth-order valence-corrected chi connectivity index (χ4v) is 3.86. The maximum absolute atomic E-state index is 12.9. The normalized spacial score (nSPS) is 19.9. The molecule has 7 heteroatoms. The summed E-state index contributed by atoms with van der Waals surface area (Å²) in [6.45, 7) is 4.36. The molecule has 1 unspecified atom stereocenters. The van der Waals surface area contributed by atoms with Gasteiger partial charge in [-0.3, -0.25) is 14.5 Å². The van der Waals surface area contributed by atoms with Gasteiger partial charge in [0.05, 0.1) is 6.04 Å². The number of amides is 2. The van der Waals surface area contributed by atoms with Gasteiger partial charge in [0.1, 0.15) is 11.6 Å². The summed E-state index contributed by atoms with van der Waals surface area (Å²) in [5.74, 6) is 0.132. The number of halogens is 1. The first-order valence-electron chi connectivity index (χ1n) is 10.2. The van der Waals surface area contributed by atoms with Crippen molar-refractivity contribution < 1.29 is 18.7 Å². The third kappa shape index (κ3) is 5.67. The zero-order valence-electron chi connectivity index (χ0n) is 16.5. The largest absolute Gasteiger partial charge is 0.484 e. The van der Waals surface area contributed by atoms with E-state index in [1.807, 2.05) is 6.92 Å². The van der Waals surface area contributed by atoms with E-state index >= 15 is 0 Å². The molecule has 0 radical (unpaired) electrons. The van der Waals surface area contributed by atoms with Gasteiger partial charge >= 0.3 is 0 Å². The SMILES string of the molecule is CC(C(=O)NC1CCCCC1)N1CCN(C(=O)COc2ccc(F)cc2)CC1. The van der Waals surface area contributed by atoms with Gasteiger partial charge in [0.2, 0.25) is 5.91 Å². The van der Waals surface area contributed by atoms with Gasteiger partial charge in [-0.05, 0) is 44.0 Å². The number of hydrogen-bond acceptors (Lipinski definition) is 4. The molecule has 28 heavy (non-hydrogen) atoms.